The SMILES string of the molecule is Cc1ccc([N+](C)(C)C)cc1.[I-]. The van der Waals surface area contributed by atoms with Crippen LogP contribution in [0.5, 0.6) is 0 Å². The third-order valence-electron chi connectivity index (χ3n) is 1.81. The first-order valence-electron chi connectivity index (χ1n) is 3.89. The number of benzene rings is 1. The molecule has 12 heavy (non-hydrogen) atoms. The molecule has 0 aliphatic carbocycles. The van der Waals surface area contributed by atoms with Gasteiger partial charge in [0.15, 0.2) is 0 Å². The highest BCUT2D eigenvalue weighted by atomic mass is 127. The molecule has 68 valence electrons. The molecular weight excluding hydrogens is 261 g/mol. The molecular formula is C10H16IN. The lowest BCUT2D eigenvalue weighted by atomic mass is 10.2. The third-order valence-corrected chi connectivity index (χ3v) is 1.81. The van der Waals surface area contributed by atoms with Gasteiger partial charge in [-0.3, -0.25) is 4.48 Å². The number of quaternary nitrogens is 1. The fraction of sp³-hybridized carbons (Fsp3) is 0.400. The molecule has 2 heteroatoms. The van der Waals surface area contributed by atoms with Gasteiger partial charge in [-0.15, -0.1) is 0 Å². The molecule has 0 atom stereocenters. The minimum atomic E-state index is 0. The molecule has 0 heterocycles. The van der Waals surface area contributed by atoms with E-state index in [0.29, 0.717) is 0 Å². The van der Waals surface area contributed by atoms with Crippen molar-refractivity contribution in [1.29, 1.82) is 0 Å². The highest BCUT2D eigenvalue weighted by Gasteiger charge is 2.09. The third kappa shape index (κ3) is 3.11. The first-order valence-corrected chi connectivity index (χ1v) is 3.89. The van der Waals surface area contributed by atoms with Gasteiger partial charge in [0.1, 0.15) is 5.69 Å². The zero-order valence-corrected chi connectivity index (χ0v) is 10.3. The Labute approximate surface area is 92.0 Å². The van der Waals surface area contributed by atoms with Gasteiger partial charge in [-0.25, -0.2) is 0 Å². The van der Waals surface area contributed by atoms with E-state index in [-0.39, 0.29) is 24.0 Å². The van der Waals surface area contributed by atoms with Gasteiger partial charge in [0.05, 0.1) is 21.1 Å². The summed E-state index contributed by atoms with van der Waals surface area (Å²) < 4.78 is 0.889. The van der Waals surface area contributed by atoms with Crippen molar-refractivity contribution in [1.82, 2.24) is 4.48 Å². The molecule has 0 N–H and O–H groups in total. The van der Waals surface area contributed by atoms with Crippen LogP contribution in [0.1, 0.15) is 5.56 Å². The van der Waals surface area contributed by atoms with Gasteiger partial charge in [-0.2, -0.15) is 0 Å². The van der Waals surface area contributed by atoms with Gasteiger partial charge in [0.2, 0.25) is 0 Å². The van der Waals surface area contributed by atoms with E-state index < -0.39 is 0 Å². The summed E-state index contributed by atoms with van der Waals surface area (Å²) in [6.45, 7) is 2.11. The Kier molecular flexibility index (Phi) is 4.20. The van der Waals surface area contributed by atoms with Crippen LogP contribution in [0.15, 0.2) is 24.3 Å². The summed E-state index contributed by atoms with van der Waals surface area (Å²) in [5.74, 6) is 0. The molecule has 0 saturated heterocycles. The molecule has 1 nitrogen and oxygen atoms in total. The highest BCUT2D eigenvalue weighted by Crippen LogP contribution is 2.16. The van der Waals surface area contributed by atoms with E-state index >= 15 is 0 Å². The Morgan fingerprint density at radius 1 is 0.917 bits per heavy atom. The average molecular weight is 277 g/mol. The van der Waals surface area contributed by atoms with Crippen LogP contribution in [-0.4, -0.2) is 21.1 Å². The molecule has 1 aromatic rings. The van der Waals surface area contributed by atoms with Gasteiger partial charge in [-0.1, -0.05) is 17.7 Å². The van der Waals surface area contributed by atoms with Crippen molar-refractivity contribution in [2.24, 2.45) is 0 Å². The Morgan fingerprint density at radius 2 is 1.33 bits per heavy atom. The van der Waals surface area contributed by atoms with Gasteiger partial charge >= 0.3 is 0 Å². The molecule has 0 amide bonds. The van der Waals surface area contributed by atoms with Crippen molar-refractivity contribution in [3.05, 3.63) is 29.8 Å². The Morgan fingerprint density at radius 3 is 1.67 bits per heavy atom. The maximum Gasteiger partial charge on any atom is 0.132 e. The molecule has 1 rings (SSSR count). The Bertz CT molecular complexity index is 233. The number of hydrogen-bond donors (Lipinski definition) is 0. The fourth-order valence-corrected chi connectivity index (χ4v) is 0.992. The minimum absolute atomic E-state index is 0. The van der Waals surface area contributed by atoms with E-state index in [9.17, 15) is 0 Å². The number of rotatable bonds is 1. The zero-order valence-electron chi connectivity index (χ0n) is 8.13. The average Bonchev–Trinajstić information content (AvgIpc) is 1.86. The van der Waals surface area contributed by atoms with Crippen molar-refractivity contribution in [2.45, 2.75) is 6.92 Å². The van der Waals surface area contributed by atoms with Crippen molar-refractivity contribution in [3.63, 3.8) is 0 Å². The molecule has 1 aromatic carbocycles. The summed E-state index contributed by atoms with van der Waals surface area (Å²) in [6.07, 6.45) is 0. The summed E-state index contributed by atoms with van der Waals surface area (Å²) in [5, 5.41) is 0. The van der Waals surface area contributed by atoms with E-state index in [0.717, 1.165) is 4.48 Å². The van der Waals surface area contributed by atoms with Crippen LogP contribution >= 0.6 is 0 Å². The van der Waals surface area contributed by atoms with Gasteiger partial charge in [0.25, 0.3) is 0 Å². The Hall–Kier alpha value is -0.0900. The van der Waals surface area contributed by atoms with Crippen molar-refractivity contribution < 1.29 is 24.0 Å². The van der Waals surface area contributed by atoms with Crippen LogP contribution in [0.3, 0.4) is 0 Å². The van der Waals surface area contributed by atoms with Crippen LogP contribution in [0.2, 0.25) is 0 Å². The predicted octanol–water partition coefficient (Wildman–Crippen LogP) is -0.804. The van der Waals surface area contributed by atoms with Gasteiger partial charge < -0.3 is 24.0 Å². The zero-order chi connectivity index (χ0) is 8.48. The lowest BCUT2D eigenvalue weighted by molar-refractivity contribution is -0.00000265. The fourth-order valence-electron chi connectivity index (χ4n) is 0.992. The van der Waals surface area contributed by atoms with Gasteiger partial charge in [-0.05, 0) is 19.1 Å². The minimum Gasteiger partial charge on any atom is -1.00 e. The smallest absolute Gasteiger partial charge is 0.132 e. The number of hydrogen-bond acceptors (Lipinski definition) is 0. The maximum absolute atomic E-state index is 2.18. The first kappa shape index (κ1) is 11.9. The number of halogens is 1. The summed E-state index contributed by atoms with van der Waals surface area (Å²) in [5.41, 5.74) is 2.66. The summed E-state index contributed by atoms with van der Waals surface area (Å²) in [6, 6.07) is 8.66. The normalized spacial score (nSPS) is 10.7. The predicted molar refractivity (Wildman–Crippen MR) is 50.7 cm³/mol. The highest BCUT2D eigenvalue weighted by molar-refractivity contribution is 5.42. The summed E-state index contributed by atoms with van der Waals surface area (Å²) in [4.78, 5) is 0. The van der Waals surface area contributed by atoms with Crippen molar-refractivity contribution in [2.75, 3.05) is 21.1 Å². The van der Waals surface area contributed by atoms with Crippen LogP contribution in [0.4, 0.5) is 5.69 Å². The second-order valence-corrected chi connectivity index (χ2v) is 3.85. The van der Waals surface area contributed by atoms with E-state index in [2.05, 4.69) is 52.3 Å². The molecule has 0 bridgehead atoms. The van der Waals surface area contributed by atoms with E-state index in [4.69, 9.17) is 0 Å². The monoisotopic (exact) mass is 277 g/mol. The molecule has 0 aromatic heterocycles. The van der Waals surface area contributed by atoms with E-state index in [1.54, 1.807) is 0 Å². The molecule has 0 aliphatic rings. The first-order chi connectivity index (χ1) is 5.00. The van der Waals surface area contributed by atoms with Crippen LogP contribution in [0, 0.1) is 6.92 Å². The lowest BCUT2D eigenvalue weighted by Gasteiger charge is -2.23. The largest absolute Gasteiger partial charge is 1.00 e. The maximum atomic E-state index is 2.18. The number of aryl methyl sites for hydroxylation is 1. The summed E-state index contributed by atoms with van der Waals surface area (Å²) in [7, 11) is 6.51. The molecule has 0 spiro atoms. The second kappa shape index (κ2) is 4.23. The molecule has 0 radical (unpaired) electrons. The van der Waals surface area contributed by atoms with Crippen molar-refractivity contribution in [3.8, 4) is 0 Å². The van der Waals surface area contributed by atoms with Crippen LogP contribution in [-0.2, 0) is 0 Å². The van der Waals surface area contributed by atoms with Gasteiger partial charge in [0, 0.05) is 0 Å². The molecule has 0 fully saturated rings. The quantitative estimate of drug-likeness (QED) is 0.465. The van der Waals surface area contributed by atoms with Crippen LogP contribution < -0.4 is 28.5 Å². The second-order valence-electron chi connectivity index (χ2n) is 3.85. The standard InChI is InChI=1S/C10H16N.HI/c1-9-5-7-10(8-6-9)11(2,3)4;/h5-8H,1-4H3;1H/q+1;/p-1. The molecule has 0 aliphatic heterocycles. The van der Waals surface area contributed by atoms with Crippen molar-refractivity contribution >= 4 is 5.69 Å². The van der Waals surface area contributed by atoms with E-state index in [1.807, 2.05) is 0 Å². The topological polar surface area (TPSA) is 0 Å². The molecule has 0 unspecified atom stereocenters. The van der Waals surface area contributed by atoms with Crippen LogP contribution in [0.25, 0.3) is 0 Å². The number of nitrogens with zero attached hydrogens (tertiary/aromatic N) is 1. The lowest BCUT2D eigenvalue weighted by Crippen LogP contribution is -3.00. The Balaban J connectivity index is 0.00000121. The van der Waals surface area contributed by atoms with E-state index in [1.165, 1.54) is 11.3 Å². The summed E-state index contributed by atoms with van der Waals surface area (Å²) >= 11 is 0. The molecule has 0 saturated carbocycles.